The van der Waals surface area contributed by atoms with E-state index >= 15 is 0 Å². The smallest absolute Gasteiger partial charge is 0.359 e. The number of amides is 1. The summed E-state index contributed by atoms with van der Waals surface area (Å²) >= 11 is 5.53. The van der Waals surface area contributed by atoms with Gasteiger partial charge in [-0.2, -0.15) is 13.2 Å². The lowest BCUT2D eigenvalue weighted by Gasteiger charge is -2.15. The molecule has 1 unspecified atom stereocenters. The number of hydrogen-bond donors (Lipinski definition) is 2. The van der Waals surface area contributed by atoms with Crippen molar-refractivity contribution in [3.8, 4) is 0 Å². The second-order valence-corrected chi connectivity index (χ2v) is 4.21. The van der Waals surface area contributed by atoms with Gasteiger partial charge in [0.25, 0.3) is 0 Å². The molecule has 106 valence electrons. The highest BCUT2D eigenvalue weighted by molar-refractivity contribution is 6.29. The van der Waals surface area contributed by atoms with Gasteiger partial charge in [-0.3, -0.25) is 4.79 Å². The van der Waals surface area contributed by atoms with Crippen molar-refractivity contribution in [3.05, 3.63) is 22.8 Å². The summed E-state index contributed by atoms with van der Waals surface area (Å²) in [7, 11) is 0. The number of nitrogens with one attached hydrogen (secondary N) is 2. The van der Waals surface area contributed by atoms with E-state index in [4.69, 9.17) is 11.6 Å². The van der Waals surface area contributed by atoms with Crippen LogP contribution in [0.15, 0.2) is 12.1 Å². The monoisotopic (exact) mass is 295 g/mol. The molecule has 4 nitrogen and oxygen atoms in total. The Balaban J connectivity index is 2.90. The quantitative estimate of drug-likeness (QED) is 0.840. The Labute approximate surface area is 113 Å². The van der Waals surface area contributed by atoms with Crippen LogP contribution in [-0.2, 0) is 11.0 Å². The summed E-state index contributed by atoms with van der Waals surface area (Å²) in [6, 6.07) is 0.817. The minimum atomic E-state index is -4.52. The average molecular weight is 296 g/mol. The molecule has 1 aromatic rings. The fourth-order valence-corrected chi connectivity index (χ4v) is 1.56. The van der Waals surface area contributed by atoms with E-state index in [2.05, 4.69) is 15.6 Å². The molecule has 1 amide bonds. The molecular formula is C11H13ClF3N3O. The number of halogens is 4. The van der Waals surface area contributed by atoms with Crippen LogP contribution >= 0.6 is 11.6 Å². The van der Waals surface area contributed by atoms with Crippen molar-refractivity contribution in [2.45, 2.75) is 26.1 Å². The van der Waals surface area contributed by atoms with Gasteiger partial charge in [-0.25, -0.2) is 4.98 Å². The van der Waals surface area contributed by atoms with Gasteiger partial charge < -0.3 is 10.6 Å². The van der Waals surface area contributed by atoms with E-state index in [1.165, 1.54) is 6.92 Å². The number of pyridine rings is 1. The maximum atomic E-state index is 12.6. The van der Waals surface area contributed by atoms with Crippen LogP contribution in [-0.4, -0.2) is 23.5 Å². The molecule has 1 aromatic heterocycles. The molecule has 0 spiro atoms. The van der Waals surface area contributed by atoms with Gasteiger partial charge in [0.05, 0.1) is 5.56 Å². The number of nitrogens with zero attached hydrogens (tertiary/aromatic N) is 1. The van der Waals surface area contributed by atoms with Crippen LogP contribution < -0.4 is 10.6 Å². The van der Waals surface area contributed by atoms with Crippen LogP contribution in [0.2, 0.25) is 5.15 Å². The van der Waals surface area contributed by atoms with E-state index in [1.54, 1.807) is 6.92 Å². The molecule has 0 fully saturated rings. The molecule has 0 saturated carbocycles. The normalized spacial score (nSPS) is 12.9. The Morgan fingerprint density at radius 3 is 2.63 bits per heavy atom. The predicted octanol–water partition coefficient (Wildman–Crippen LogP) is 2.69. The maximum absolute atomic E-state index is 12.6. The molecule has 1 atom stereocenters. The fraction of sp³-hybridized carbons (Fsp3) is 0.455. The first kappa shape index (κ1) is 15.6. The Morgan fingerprint density at radius 2 is 2.11 bits per heavy atom. The first-order valence-corrected chi connectivity index (χ1v) is 5.91. The third-order valence-electron chi connectivity index (χ3n) is 2.23. The highest BCUT2D eigenvalue weighted by atomic mass is 35.5. The van der Waals surface area contributed by atoms with E-state index in [0.29, 0.717) is 6.54 Å². The molecule has 1 rings (SSSR count). The SMILES string of the molecule is CCNC(=O)C(C)Nc1cc(C(F)(F)F)cc(Cl)n1. The zero-order valence-corrected chi connectivity index (χ0v) is 11.1. The van der Waals surface area contributed by atoms with Gasteiger partial charge in [0.15, 0.2) is 0 Å². The number of rotatable bonds is 4. The minimum Gasteiger partial charge on any atom is -0.359 e. The number of likely N-dealkylation sites (N-methyl/N-ethyl adjacent to an activating group) is 1. The van der Waals surface area contributed by atoms with Crippen LogP contribution in [0.1, 0.15) is 19.4 Å². The van der Waals surface area contributed by atoms with E-state index < -0.39 is 17.8 Å². The number of carbonyl (C=O) groups excluding carboxylic acids is 1. The predicted molar refractivity (Wildman–Crippen MR) is 66.0 cm³/mol. The Bertz CT molecular complexity index is 465. The lowest BCUT2D eigenvalue weighted by atomic mass is 10.2. The molecule has 19 heavy (non-hydrogen) atoms. The zero-order valence-electron chi connectivity index (χ0n) is 10.3. The third-order valence-corrected chi connectivity index (χ3v) is 2.42. The molecule has 0 bridgehead atoms. The van der Waals surface area contributed by atoms with Crippen molar-refractivity contribution >= 4 is 23.3 Å². The second kappa shape index (κ2) is 6.10. The average Bonchev–Trinajstić information content (AvgIpc) is 2.27. The number of alkyl halides is 3. The standard InChI is InChI=1S/C11H13ClF3N3O/c1-3-16-10(19)6(2)17-9-5-7(11(13,14)15)4-8(12)18-9/h4-6H,3H2,1-2H3,(H,16,19)(H,17,18). The fourth-order valence-electron chi connectivity index (χ4n) is 1.35. The zero-order chi connectivity index (χ0) is 14.6. The van der Waals surface area contributed by atoms with Gasteiger partial charge >= 0.3 is 6.18 Å². The van der Waals surface area contributed by atoms with Crippen LogP contribution in [0.25, 0.3) is 0 Å². The molecule has 0 radical (unpaired) electrons. The van der Waals surface area contributed by atoms with E-state index in [1.807, 2.05) is 0 Å². The van der Waals surface area contributed by atoms with E-state index in [9.17, 15) is 18.0 Å². The second-order valence-electron chi connectivity index (χ2n) is 3.82. The van der Waals surface area contributed by atoms with Crippen molar-refractivity contribution < 1.29 is 18.0 Å². The Hall–Kier alpha value is -1.50. The first-order chi connectivity index (χ1) is 8.74. The molecule has 0 aliphatic heterocycles. The van der Waals surface area contributed by atoms with Gasteiger partial charge in [-0.15, -0.1) is 0 Å². The van der Waals surface area contributed by atoms with Crippen LogP contribution in [0.4, 0.5) is 19.0 Å². The summed E-state index contributed by atoms with van der Waals surface area (Å²) in [6.45, 7) is 3.69. The van der Waals surface area contributed by atoms with Crippen molar-refractivity contribution in [2.24, 2.45) is 0 Å². The van der Waals surface area contributed by atoms with E-state index in [-0.39, 0.29) is 16.9 Å². The van der Waals surface area contributed by atoms with Crippen molar-refractivity contribution in [1.82, 2.24) is 10.3 Å². The van der Waals surface area contributed by atoms with Gasteiger partial charge in [0.1, 0.15) is 17.0 Å². The lowest BCUT2D eigenvalue weighted by Crippen LogP contribution is -2.37. The van der Waals surface area contributed by atoms with Crippen LogP contribution in [0.5, 0.6) is 0 Å². The molecule has 1 heterocycles. The minimum absolute atomic E-state index is 0.0985. The van der Waals surface area contributed by atoms with E-state index in [0.717, 1.165) is 12.1 Å². The summed E-state index contributed by atoms with van der Waals surface area (Å²) in [4.78, 5) is 15.2. The van der Waals surface area contributed by atoms with Gasteiger partial charge in [0.2, 0.25) is 5.91 Å². The molecule has 0 aromatic carbocycles. The highest BCUT2D eigenvalue weighted by Crippen LogP contribution is 2.32. The molecule has 8 heteroatoms. The lowest BCUT2D eigenvalue weighted by molar-refractivity contribution is -0.137. The van der Waals surface area contributed by atoms with Gasteiger partial charge in [0, 0.05) is 6.54 Å². The van der Waals surface area contributed by atoms with Crippen LogP contribution in [0.3, 0.4) is 0 Å². The maximum Gasteiger partial charge on any atom is 0.416 e. The van der Waals surface area contributed by atoms with Crippen molar-refractivity contribution in [3.63, 3.8) is 0 Å². The van der Waals surface area contributed by atoms with Crippen LogP contribution in [0, 0.1) is 0 Å². The first-order valence-electron chi connectivity index (χ1n) is 5.53. The molecular weight excluding hydrogens is 283 g/mol. The van der Waals surface area contributed by atoms with Crippen molar-refractivity contribution in [2.75, 3.05) is 11.9 Å². The molecule has 2 N–H and O–H groups in total. The number of carbonyl (C=O) groups is 1. The number of aromatic nitrogens is 1. The molecule has 0 aliphatic carbocycles. The number of hydrogen-bond acceptors (Lipinski definition) is 3. The Morgan fingerprint density at radius 1 is 1.47 bits per heavy atom. The summed E-state index contributed by atoms with van der Waals surface area (Å²) in [5.41, 5.74) is -0.918. The topological polar surface area (TPSA) is 54.0 Å². The Kier molecular flexibility index (Phi) is 4.99. The number of anilines is 1. The summed E-state index contributed by atoms with van der Waals surface area (Å²) in [5, 5.41) is 4.82. The molecule has 0 aliphatic rings. The summed E-state index contributed by atoms with van der Waals surface area (Å²) in [6.07, 6.45) is -4.52. The highest BCUT2D eigenvalue weighted by Gasteiger charge is 2.31. The summed E-state index contributed by atoms with van der Waals surface area (Å²) < 4.78 is 37.7. The summed E-state index contributed by atoms with van der Waals surface area (Å²) in [5.74, 6) is -0.434. The van der Waals surface area contributed by atoms with Gasteiger partial charge in [-0.05, 0) is 26.0 Å². The van der Waals surface area contributed by atoms with Gasteiger partial charge in [-0.1, -0.05) is 11.6 Å². The largest absolute Gasteiger partial charge is 0.416 e. The molecule has 0 saturated heterocycles. The van der Waals surface area contributed by atoms with Crippen molar-refractivity contribution in [1.29, 1.82) is 0 Å². The third kappa shape index (κ3) is 4.59.